The highest BCUT2D eigenvalue weighted by atomic mass is 14.5. The number of hydrogen-bond acceptors (Lipinski definition) is 1. The van der Waals surface area contributed by atoms with Gasteiger partial charge in [-0.1, -0.05) is 115 Å². The van der Waals surface area contributed by atoms with Crippen LogP contribution in [0.25, 0.3) is 0 Å². The minimum absolute atomic E-state index is 0.788. The Balaban J connectivity index is 3.14. The predicted octanol–water partition coefficient (Wildman–Crippen LogP) is 8.74. The summed E-state index contributed by atoms with van der Waals surface area (Å²) in [5, 5.41) is 0. The molecule has 0 aliphatic rings. The molecule has 0 amide bonds. The molecule has 0 aromatic carbocycles. The molecule has 160 valence electrons. The summed E-state index contributed by atoms with van der Waals surface area (Å²) < 4.78 is 0. The maximum absolute atomic E-state index is 5.52. The Morgan fingerprint density at radius 2 is 0.778 bits per heavy atom. The second kappa shape index (κ2) is 23.5. The highest BCUT2D eigenvalue weighted by Crippen LogP contribution is 2.19. The zero-order valence-electron chi connectivity index (χ0n) is 18.6. The molecular formula is C26H51N. The van der Waals surface area contributed by atoms with Gasteiger partial charge < -0.3 is 5.73 Å². The summed E-state index contributed by atoms with van der Waals surface area (Å²) in [6, 6.07) is 0. The number of rotatable bonds is 23. The van der Waals surface area contributed by atoms with Crippen molar-refractivity contribution in [3.8, 4) is 0 Å². The Bertz CT molecular complexity index is 287. The van der Waals surface area contributed by atoms with E-state index in [2.05, 4.69) is 25.3 Å². The maximum Gasteiger partial charge on any atom is -0.00773 e. The lowest BCUT2D eigenvalue weighted by Gasteiger charge is -2.12. The molecule has 27 heavy (non-hydrogen) atoms. The molecule has 0 rings (SSSR count). The van der Waals surface area contributed by atoms with Gasteiger partial charge in [0.2, 0.25) is 0 Å². The number of hydrogen-bond donors (Lipinski definition) is 1. The van der Waals surface area contributed by atoms with Gasteiger partial charge in [-0.2, -0.15) is 0 Å². The Morgan fingerprint density at radius 1 is 0.481 bits per heavy atom. The third-order valence-electron chi connectivity index (χ3n) is 5.82. The van der Waals surface area contributed by atoms with E-state index in [1.807, 2.05) is 0 Å². The SMILES string of the molecule is C=CCC(CC=C)CCCCCCCCCCCCCCCCCCCN. The summed E-state index contributed by atoms with van der Waals surface area (Å²) >= 11 is 0. The van der Waals surface area contributed by atoms with E-state index in [1.165, 1.54) is 116 Å². The highest BCUT2D eigenvalue weighted by Gasteiger charge is 2.04. The fraction of sp³-hybridized carbons (Fsp3) is 0.846. The van der Waals surface area contributed by atoms with Crippen molar-refractivity contribution in [2.24, 2.45) is 11.7 Å². The molecule has 0 aromatic rings. The van der Waals surface area contributed by atoms with Crippen LogP contribution in [0.2, 0.25) is 0 Å². The van der Waals surface area contributed by atoms with Gasteiger partial charge in [0.15, 0.2) is 0 Å². The van der Waals surface area contributed by atoms with Gasteiger partial charge in [-0.15, -0.1) is 13.2 Å². The van der Waals surface area contributed by atoms with Crippen LogP contribution in [0.4, 0.5) is 0 Å². The lowest BCUT2D eigenvalue weighted by Crippen LogP contribution is -1.97. The minimum Gasteiger partial charge on any atom is -0.330 e. The van der Waals surface area contributed by atoms with Crippen LogP contribution in [-0.2, 0) is 0 Å². The first-order valence-electron chi connectivity index (χ1n) is 12.3. The van der Waals surface area contributed by atoms with Crippen molar-refractivity contribution in [1.29, 1.82) is 0 Å². The summed E-state index contributed by atoms with van der Waals surface area (Å²) in [6.45, 7) is 8.62. The molecule has 0 atom stereocenters. The van der Waals surface area contributed by atoms with Gasteiger partial charge in [-0.3, -0.25) is 0 Å². The molecule has 0 bridgehead atoms. The molecule has 0 aromatic heterocycles. The first-order chi connectivity index (χ1) is 13.3. The van der Waals surface area contributed by atoms with Crippen molar-refractivity contribution in [3.63, 3.8) is 0 Å². The molecule has 0 saturated heterocycles. The zero-order valence-corrected chi connectivity index (χ0v) is 18.6. The molecule has 0 heterocycles. The van der Waals surface area contributed by atoms with Gasteiger partial charge in [0.1, 0.15) is 0 Å². The Morgan fingerprint density at radius 3 is 1.07 bits per heavy atom. The lowest BCUT2D eigenvalue weighted by molar-refractivity contribution is 0.456. The van der Waals surface area contributed by atoms with Crippen LogP contribution in [0.15, 0.2) is 25.3 Å². The number of unbranched alkanes of at least 4 members (excludes halogenated alkanes) is 16. The molecule has 0 spiro atoms. The Kier molecular flexibility index (Phi) is 23.0. The molecule has 0 saturated carbocycles. The largest absolute Gasteiger partial charge is 0.330 e. The van der Waals surface area contributed by atoms with Crippen LogP contribution >= 0.6 is 0 Å². The van der Waals surface area contributed by atoms with Crippen LogP contribution in [0.3, 0.4) is 0 Å². The van der Waals surface area contributed by atoms with Gasteiger partial charge in [0.25, 0.3) is 0 Å². The summed E-state index contributed by atoms with van der Waals surface area (Å²) in [4.78, 5) is 0. The summed E-state index contributed by atoms with van der Waals surface area (Å²) in [7, 11) is 0. The van der Waals surface area contributed by atoms with Crippen LogP contribution in [0.5, 0.6) is 0 Å². The van der Waals surface area contributed by atoms with Gasteiger partial charge >= 0.3 is 0 Å². The first-order valence-corrected chi connectivity index (χ1v) is 12.3. The first kappa shape index (κ1) is 26.4. The minimum atomic E-state index is 0.788. The van der Waals surface area contributed by atoms with E-state index < -0.39 is 0 Å². The fourth-order valence-corrected chi connectivity index (χ4v) is 4.03. The van der Waals surface area contributed by atoms with E-state index in [1.54, 1.807) is 0 Å². The van der Waals surface area contributed by atoms with Crippen molar-refractivity contribution in [1.82, 2.24) is 0 Å². The van der Waals surface area contributed by atoms with Crippen molar-refractivity contribution in [3.05, 3.63) is 25.3 Å². The number of nitrogens with two attached hydrogens (primary N) is 1. The Labute approximate surface area is 172 Å². The van der Waals surface area contributed by atoms with Gasteiger partial charge in [-0.05, 0) is 38.1 Å². The third-order valence-corrected chi connectivity index (χ3v) is 5.82. The highest BCUT2D eigenvalue weighted by molar-refractivity contribution is 4.79. The molecular weight excluding hydrogens is 326 g/mol. The smallest absolute Gasteiger partial charge is 0.00773 e. The molecule has 1 nitrogen and oxygen atoms in total. The van der Waals surface area contributed by atoms with Crippen LogP contribution in [-0.4, -0.2) is 6.54 Å². The standard InChI is InChI=1S/C26H51N/c1-3-22-26(23-4-2)24-20-18-16-14-12-10-8-6-5-7-9-11-13-15-17-19-21-25-27/h3-4,26H,1-2,5-25,27H2. The monoisotopic (exact) mass is 377 g/mol. The van der Waals surface area contributed by atoms with Crippen LogP contribution in [0.1, 0.15) is 128 Å². The molecule has 0 aliphatic carbocycles. The second-order valence-electron chi connectivity index (χ2n) is 8.50. The topological polar surface area (TPSA) is 26.0 Å². The molecule has 2 N–H and O–H groups in total. The summed E-state index contributed by atoms with van der Waals surface area (Å²) in [6.07, 6.45) is 31.9. The van der Waals surface area contributed by atoms with E-state index in [0.717, 1.165) is 25.3 Å². The molecule has 0 fully saturated rings. The summed E-state index contributed by atoms with van der Waals surface area (Å²) in [5.41, 5.74) is 5.52. The predicted molar refractivity (Wildman–Crippen MR) is 125 cm³/mol. The number of allylic oxidation sites excluding steroid dienone is 2. The van der Waals surface area contributed by atoms with E-state index in [4.69, 9.17) is 5.73 Å². The van der Waals surface area contributed by atoms with E-state index >= 15 is 0 Å². The molecule has 0 radical (unpaired) electrons. The summed E-state index contributed by atoms with van der Waals surface area (Å²) in [5.74, 6) is 0.788. The lowest BCUT2D eigenvalue weighted by atomic mass is 9.94. The zero-order chi connectivity index (χ0) is 19.8. The van der Waals surface area contributed by atoms with Gasteiger partial charge in [0, 0.05) is 0 Å². The third kappa shape index (κ3) is 21.6. The van der Waals surface area contributed by atoms with E-state index in [9.17, 15) is 0 Å². The average molecular weight is 378 g/mol. The van der Waals surface area contributed by atoms with Crippen LogP contribution < -0.4 is 5.73 Å². The van der Waals surface area contributed by atoms with Crippen LogP contribution in [0, 0.1) is 5.92 Å². The van der Waals surface area contributed by atoms with E-state index in [-0.39, 0.29) is 0 Å². The van der Waals surface area contributed by atoms with E-state index in [0.29, 0.717) is 0 Å². The average Bonchev–Trinajstić information content (AvgIpc) is 2.67. The maximum atomic E-state index is 5.52. The van der Waals surface area contributed by atoms with Crippen molar-refractivity contribution < 1.29 is 0 Å². The van der Waals surface area contributed by atoms with Crippen molar-refractivity contribution >= 4 is 0 Å². The van der Waals surface area contributed by atoms with Gasteiger partial charge in [0.05, 0.1) is 0 Å². The fourth-order valence-electron chi connectivity index (χ4n) is 4.03. The van der Waals surface area contributed by atoms with Gasteiger partial charge in [-0.25, -0.2) is 0 Å². The van der Waals surface area contributed by atoms with Crippen molar-refractivity contribution in [2.45, 2.75) is 128 Å². The molecule has 0 aliphatic heterocycles. The molecule has 0 unspecified atom stereocenters. The second-order valence-corrected chi connectivity index (χ2v) is 8.50. The normalized spacial score (nSPS) is 11.2. The van der Waals surface area contributed by atoms with Crippen molar-refractivity contribution in [2.75, 3.05) is 6.54 Å². The quantitative estimate of drug-likeness (QED) is 0.140. The molecule has 1 heteroatoms. The Hall–Kier alpha value is -0.560.